The predicted octanol–water partition coefficient (Wildman–Crippen LogP) is 3.98. The molecule has 0 aliphatic carbocycles. The van der Waals surface area contributed by atoms with E-state index in [-0.39, 0.29) is 12.0 Å². The Hall–Kier alpha value is -1.97. The van der Waals surface area contributed by atoms with Crippen molar-refractivity contribution in [3.05, 3.63) is 67.6 Å². The summed E-state index contributed by atoms with van der Waals surface area (Å²) in [4.78, 5) is 17.4. The summed E-state index contributed by atoms with van der Waals surface area (Å²) in [7, 11) is 0. The number of aromatic nitrogens is 2. The van der Waals surface area contributed by atoms with Crippen LogP contribution in [0.5, 0.6) is 0 Å². The van der Waals surface area contributed by atoms with E-state index in [2.05, 4.69) is 42.9 Å². The third-order valence-electron chi connectivity index (χ3n) is 3.21. The first-order valence-electron chi connectivity index (χ1n) is 6.45. The lowest BCUT2D eigenvalue weighted by Gasteiger charge is -2.12. The molecule has 0 atom stereocenters. The number of nitrogens with zero attached hydrogens (tertiary/aromatic N) is 3. The van der Waals surface area contributed by atoms with Crippen LogP contribution in [0.15, 0.2) is 56.2 Å². The van der Waals surface area contributed by atoms with E-state index in [1.165, 1.54) is 4.57 Å². The van der Waals surface area contributed by atoms with Gasteiger partial charge in [0.2, 0.25) is 0 Å². The molecule has 0 fully saturated rings. The summed E-state index contributed by atoms with van der Waals surface area (Å²) < 4.78 is 3.00. The van der Waals surface area contributed by atoms with Crippen molar-refractivity contribution >= 4 is 42.8 Å². The highest BCUT2D eigenvalue weighted by Gasteiger charge is 2.14. The van der Waals surface area contributed by atoms with Crippen molar-refractivity contribution in [2.45, 2.75) is 6.42 Å². The average molecular weight is 419 g/mol. The van der Waals surface area contributed by atoms with E-state index in [0.717, 1.165) is 4.47 Å². The molecular weight excluding hydrogens is 410 g/mol. The van der Waals surface area contributed by atoms with Gasteiger partial charge in [0, 0.05) is 8.95 Å². The van der Waals surface area contributed by atoms with Crippen LogP contribution >= 0.6 is 31.9 Å². The smallest absolute Gasteiger partial charge is 0.266 e. The summed E-state index contributed by atoms with van der Waals surface area (Å²) in [6, 6.07) is 14.9. The van der Waals surface area contributed by atoms with E-state index in [9.17, 15) is 4.79 Å². The minimum Gasteiger partial charge on any atom is -0.268 e. The quantitative estimate of drug-likeness (QED) is 0.632. The minimum absolute atomic E-state index is 0.0581. The van der Waals surface area contributed by atoms with Crippen molar-refractivity contribution in [1.29, 1.82) is 5.26 Å². The lowest BCUT2D eigenvalue weighted by molar-refractivity contribution is 0.863. The Morgan fingerprint density at radius 1 is 1.18 bits per heavy atom. The number of hydrogen-bond acceptors (Lipinski definition) is 3. The second-order valence-electron chi connectivity index (χ2n) is 4.62. The normalized spacial score (nSPS) is 10.6. The van der Waals surface area contributed by atoms with Crippen LogP contribution in [0.3, 0.4) is 0 Å². The van der Waals surface area contributed by atoms with Gasteiger partial charge in [-0.25, -0.2) is 4.98 Å². The summed E-state index contributed by atoms with van der Waals surface area (Å²) in [5.41, 5.74) is 1.07. The molecule has 1 aromatic heterocycles. The second kappa shape index (κ2) is 6.03. The second-order valence-corrected chi connectivity index (χ2v) is 6.39. The summed E-state index contributed by atoms with van der Waals surface area (Å²) in [6.07, 6.45) is 0.0581. The molecule has 0 radical (unpaired) electrons. The van der Waals surface area contributed by atoms with Gasteiger partial charge in [-0.05, 0) is 40.2 Å². The van der Waals surface area contributed by atoms with Gasteiger partial charge in [0.25, 0.3) is 5.56 Å². The fourth-order valence-corrected chi connectivity index (χ4v) is 3.61. The zero-order valence-electron chi connectivity index (χ0n) is 11.3. The molecule has 0 saturated carbocycles. The molecule has 0 saturated heterocycles. The number of para-hydroxylation sites is 1. The fourth-order valence-electron chi connectivity index (χ4n) is 2.29. The number of hydrogen-bond donors (Lipinski definition) is 0. The fraction of sp³-hybridized carbons (Fsp3) is 0.0625. The van der Waals surface area contributed by atoms with Crippen LogP contribution in [0.1, 0.15) is 5.82 Å². The maximum atomic E-state index is 12.9. The maximum absolute atomic E-state index is 12.9. The largest absolute Gasteiger partial charge is 0.268 e. The lowest BCUT2D eigenvalue weighted by atomic mass is 10.2. The highest BCUT2D eigenvalue weighted by molar-refractivity contribution is 9.11. The average Bonchev–Trinajstić information content (AvgIpc) is 2.50. The summed E-state index contributed by atoms with van der Waals surface area (Å²) in [5, 5.41) is 9.54. The molecule has 0 N–H and O–H groups in total. The van der Waals surface area contributed by atoms with Gasteiger partial charge in [0.05, 0.1) is 29.1 Å². The monoisotopic (exact) mass is 417 g/mol. The number of rotatable bonds is 2. The molecule has 0 spiro atoms. The zero-order valence-corrected chi connectivity index (χ0v) is 14.4. The molecule has 3 aromatic rings. The Morgan fingerprint density at radius 3 is 2.59 bits per heavy atom. The Kier molecular flexibility index (Phi) is 4.10. The maximum Gasteiger partial charge on any atom is 0.266 e. The van der Waals surface area contributed by atoms with Crippen molar-refractivity contribution in [1.82, 2.24) is 9.55 Å². The highest BCUT2D eigenvalue weighted by atomic mass is 79.9. The molecule has 0 amide bonds. The van der Waals surface area contributed by atoms with Crippen molar-refractivity contribution in [3.63, 3.8) is 0 Å². The Balaban J connectivity index is 2.45. The van der Waals surface area contributed by atoms with Crippen molar-refractivity contribution in [2.75, 3.05) is 0 Å². The molecule has 3 rings (SSSR count). The predicted molar refractivity (Wildman–Crippen MR) is 92.1 cm³/mol. The molecular formula is C16H9Br2N3O. The van der Waals surface area contributed by atoms with Gasteiger partial charge in [-0.15, -0.1) is 0 Å². The SMILES string of the molecule is N#CCc1nc2c(Br)cc(Br)cc2c(=O)n1-c1ccccc1. The van der Waals surface area contributed by atoms with Gasteiger partial charge < -0.3 is 0 Å². The van der Waals surface area contributed by atoms with E-state index in [4.69, 9.17) is 5.26 Å². The zero-order chi connectivity index (χ0) is 15.7. The molecule has 4 nitrogen and oxygen atoms in total. The van der Waals surface area contributed by atoms with Crippen LogP contribution in [-0.4, -0.2) is 9.55 Å². The number of fused-ring (bicyclic) bond motifs is 1. The first kappa shape index (κ1) is 14.9. The van der Waals surface area contributed by atoms with Gasteiger partial charge in [-0.1, -0.05) is 34.1 Å². The standard InChI is InChI=1S/C16H9Br2N3O/c17-10-8-12-15(13(18)9-10)20-14(6-7-19)21(16(12)22)11-4-2-1-3-5-11/h1-5,8-9H,6H2. The van der Waals surface area contributed by atoms with Crippen molar-refractivity contribution < 1.29 is 0 Å². The van der Waals surface area contributed by atoms with Crippen LogP contribution in [0.25, 0.3) is 16.6 Å². The van der Waals surface area contributed by atoms with E-state index in [1.807, 2.05) is 36.4 Å². The van der Waals surface area contributed by atoms with Gasteiger partial charge in [0.15, 0.2) is 0 Å². The molecule has 22 heavy (non-hydrogen) atoms. The first-order valence-corrected chi connectivity index (χ1v) is 8.03. The van der Waals surface area contributed by atoms with Crippen LogP contribution in [0.4, 0.5) is 0 Å². The first-order chi connectivity index (χ1) is 10.6. The molecule has 0 bridgehead atoms. The van der Waals surface area contributed by atoms with Gasteiger partial charge in [-0.3, -0.25) is 9.36 Å². The van der Waals surface area contributed by atoms with Gasteiger partial charge in [0.1, 0.15) is 5.82 Å². The summed E-state index contributed by atoms with van der Waals surface area (Å²) in [5.74, 6) is 0.425. The summed E-state index contributed by atoms with van der Waals surface area (Å²) >= 11 is 6.81. The number of nitriles is 1. The Labute approximate surface area is 143 Å². The van der Waals surface area contributed by atoms with E-state index >= 15 is 0 Å². The molecule has 6 heteroatoms. The molecule has 1 heterocycles. The van der Waals surface area contributed by atoms with E-state index in [1.54, 1.807) is 6.07 Å². The topological polar surface area (TPSA) is 58.7 Å². The minimum atomic E-state index is -0.191. The van der Waals surface area contributed by atoms with Crippen LogP contribution in [-0.2, 0) is 6.42 Å². The van der Waals surface area contributed by atoms with E-state index < -0.39 is 0 Å². The third kappa shape index (κ3) is 2.58. The van der Waals surface area contributed by atoms with Crippen LogP contribution in [0.2, 0.25) is 0 Å². The van der Waals surface area contributed by atoms with Crippen LogP contribution in [0, 0.1) is 11.3 Å². The molecule has 0 unspecified atom stereocenters. The third-order valence-corrected chi connectivity index (χ3v) is 4.27. The van der Waals surface area contributed by atoms with Gasteiger partial charge in [-0.2, -0.15) is 5.26 Å². The Bertz CT molecular complexity index is 959. The molecule has 2 aromatic carbocycles. The van der Waals surface area contributed by atoms with Crippen LogP contribution < -0.4 is 5.56 Å². The molecule has 108 valence electrons. The van der Waals surface area contributed by atoms with Crippen molar-refractivity contribution in [2.24, 2.45) is 0 Å². The summed E-state index contributed by atoms with van der Waals surface area (Å²) in [6.45, 7) is 0. The van der Waals surface area contributed by atoms with Gasteiger partial charge >= 0.3 is 0 Å². The lowest BCUT2D eigenvalue weighted by Crippen LogP contribution is -2.24. The van der Waals surface area contributed by atoms with Crippen molar-refractivity contribution in [3.8, 4) is 11.8 Å². The molecule has 0 aliphatic heterocycles. The Morgan fingerprint density at radius 2 is 1.91 bits per heavy atom. The van der Waals surface area contributed by atoms with E-state index in [0.29, 0.717) is 26.9 Å². The number of halogens is 2. The molecule has 0 aliphatic rings. The highest BCUT2D eigenvalue weighted by Crippen LogP contribution is 2.26. The number of benzene rings is 2.